The molecule has 0 radical (unpaired) electrons. The number of imidazole rings is 1. The summed E-state index contributed by atoms with van der Waals surface area (Å²) in [5.41, 5.74) is 3.51. The summed E-state index contributed by atoms with van der Waals surface area (Å²) in [6.07, 6.45) is 2.02. The highest BCUT2D eigenvalue weighted by Gasteiger charge is 2.14. The molecule has 0 aliphatic heterocycles. The van der Waals surface area contributed by atoms with Crippen LogP contribution in [-0.4, -0.2) is 26.6 Å². The molecule has 0 unspecified atom stereocenters. The summed E-state index contributed by atoms with van der Waals surface area (Å²) in [6, 6.07) is 20.7. The lowest BCUT2D eigenvalue weighted by Crippen LogP contribution is -1.94. The zero-order valence-electron chi connectivity index (χ0n) is 15.9. The fourth-order valence-corrected chi connectivity index (χ4v) is 4.35. The number of aromatic nitrogens is 3. The minimum absolute atomic E-state index is 0.0434. The number of nitrogens with one attached hydrogen (secondary N) is 1. The number of thiophene rings is 1. The number of fused-ring (bicyclic) bond motifs is 1. The van der Waals surface area contributed by atoms with Gasteiger partial charge in [-0.3, -0.25) is 10.1 Å². The molecule has 0 fully saturated rings. The van der Waals surface area contributed by atoms with Gasteiger partial charge in [-0.15, -0.1) is 11.3 Å². The molecule has 2 aromatic carbocycles. The first-order valence-electron chi connectivity index (χ1n) is 9.19. The van der Waals surface area contributed by atoms with Gasteiger partial charge in [-0.2, -0.15) is 0 Å². The fraction of sp³-hybridized carbons (Fsp3) is 0.0455. The highest BCUT2D eigenvalue weighted by atomic mass is 32.1. The fourth-order valence-electron chi connectivity index (χ4n) is 3.38. The van der Waals surface area contributed by atoms with Crippen molar-refractivity contribution >= 4 is 28.1 Å². The van der Waals surface area contributed by atoms with E-state index in [1.807, 2.05) is 42.6 Å². The summed E-state index contributed by atoms with van der Waals surface area (Å²) in [5.74, 6) is 1.51. The highest BCUT2D eigenvalue weighted by Crippen LogP contribution is 2.35. The normalized spacial score (nSPS) is 11.1. The number of methoxy groups -OCH3 is 1. The Balaban J connectivity index is 1.50. The second kappa shape index (κ2) is 7.16. The molecule has 8 heteroatoms. The van der Waals surface area contributed by atoms with Crippen molar-refractivity contribution in [1.29, 1.82) is 0 Å². The molecule has 0 aliphatic rings. The lowest BCUT2D eigenvalue weighted by atomic mass is 10.2. The Kier molecular flexibility index (Phi) is 4.33. The summed E-state index contributed by atoms with van der Waals surface area (Å²) in [6.45, 7) is 0. The van der Waals surface area contributed by atoms with Gasteiger partial charge in [0.2, 0.25) is 0 Å². The average molecular weight is 416 g/mol. The topological polar surface area (TPSA) is 86.0 Å². The maximum atomic E-state index is 11.0. The van der Waals surface area contributed by atoms with Gasteiger partial charge in [-0.05, 0) is 54.6 Å². The smallest absolute Gasteiger partial charge is 0.271 e. The first kappa shape index (κ1) is 18.1. The Bertz CT molecular complexity index is 1360. The van der Waals surface area contributed by atoms with Gasteiger partial charge in [0.15, 0.2) is 0 Å². The van der Waals surface area contributed by atoms with Crippen LogP contribution in [0.15, 0.2) is 72.9 Å². The number of hydrogen-bond acceptors (Lipinski definition) is 5. The number of nitrogens with zero attached hydrogens (tertiary/aromatic N) is 3. The van der Waals surface area contributed by atoms with E-state index in [0.717, 1.165) is 26.9 Å². The first-order chi connectivity index (χ1) is 14.6. The van der Waals surface area contributed by atoms with Crippen molar-refractivity contribution in [3.8, 4) is 32.7 Å². The number of rotatable bonds is 5. The van der Waals surface area contributed by atoms with Gasteiger partial charge in [0.25, 0.3) is 5.69 Å². The van der Waals surface area contributed by atoms with E-state index in [1.54, 1.807) is 24.5 Å². The van der Waals surface area contributed by atoms with Crippen molar-refractivity contribution in [3.05, 3.63) is 83.0 Å². The molecule has 0 aliphatic carbocycles. The third-order valence-electron chi connectivity index (χ3n) is 4.87. The highest BCUT2D eigenvalue weighted by molar-refractivity contribution is 7.18. The maximum absolute atomic E-state index is 11.0. The minimum atomic E-state index is -0.406. The molecule has 0 spiro atoms. The standard InChI is InChI=1S/C22H16N4O3S/c1-29-16-7-4-14(5-8-16)25-12-2-3-19(25)20-10-11-21(30-20)22-23-17-9-6-15(26(27)28)13-18(17)24-22/h2-13H,1H3,(H,23,24). The quantitative estimate of drug-likeness (QED) is 0.296. The Labute approximate surface area is 175 Å². The largest absolute Gasteiger partial charge is 0.497 e. The van der Waals surface area contributed by atoms with Crippen molar-refractivity contribution in [3.63, 3.8) is 0 Å². The zero-order valence-corrected chi connectivity index (χ0v) is 16.7. The van der Waals surface area contributed by atoms with Crippen LogP contribution in [0.1, 0.15) is 0 Å². The van der Waals surface area contributed by atoms with E-state index in [0.29, 0.717) is 16.9 Å². The van der Waals surface area contributed by atoms with Gasteiger partial charge in [-0.1, -0.05) is 0 Å². The van der Waals surface area contributed by atoms with E-state index in [9.17, 15) is 10.1 Å². The molecule has 3 heterocycles. The van der Waals surface area contributed by atoms with E-state index in [-0.39, 0.29) is 5.69 Å². The van der Waals surface area contributed by atoms with E-state index < -0.39 is 4.92 Å². The van der Waals surface area contributed by atoms with Gasteiger partial charge in [-0.25, -0.2) is 4.98 Å². The predicted molar refractivity (Wildman–Crippen MR) is 117 cm³/mol. The lowest BCUT2D eigenvalue weighted by molar-refractivity contribution is -0.384. The van der Waals surface area contributed by atoms with Gasteiger partial charge in [0, 0.05) is 24.0 Å². The zero-order chi connectivity index (χ0) is 20.7. The number of ether oxygens (including phenoxy) is 1. The molecular weight excluding hydrogens is 400 g/mol. The molecule has 0 atom stereocenters. The van der Waals surface area contributed by atoms with Crippen LogP contribution in [0.2, 0.25) is 0 Å². The summed E-state index contributed by atoms with van der Waals surface area (Å²) < 4.78 is 7.37. The molecule has 1 N–H and O–H groups in total. The van der Waals surface area contributed by atoms with Crippen LogP contribution in [0.4, 0.5) is 5.69 Å². The second-order valence-corrected chi connectivity index (χ2v) is 7.75. The van der Waals surface area contributed by atoms with Crippen LogP contribution in [-0.2, 0) is 0 Å². The first-order valence-corrected chi connectivity index (χ1v) is 10.0. The van der Waals surface area contributed by atoms with Crippen molar-refractivity contribution in [2.24, 2.45) is 0 Å². The predicted octanol–water partition coefficient (Wildman–Crippen LogP) is 5.67. The molecule has 0 saturated carbocycles. The molecular formula is C22H16N4O3S. The second-order valence-electron chi connectivity index (χ2n) is 6.67. The summed E-state index contributed by atoms with van der Waals surface area (Å²) in [7, 11) is 1.65. The summed E-state index contributed by atoms with van der Waals surface area (Å²) in [5, 5.41) is 11.0. The monoisotopic (exact) mass is 416 g/mol. The molecule has 30 heavy (non-hydrogen) atoms. The molecule has 3 aromatic heterocycles. The number of benzene rings is 2. The Morgan fingerprint density at radius 1 is 1.07 bits per heavy atom. The average Bonchev–Trinajstić information content (AvgIpc) is 3.51. The molecule has 7 nitrogen and oxygen atoms in total. The van der Waals surface area contributed by atoms with Gasteiger partial charge >= 0.3 is 0 Å². The van der Waals surface area contributed by atoms with Gasteiger partial charge in [0.05, 0.1) is 38.5 Å². The van der Waals surface area contributed by atoms with Crippen LogP contribution in [0.3, 0.4) is 0 Å². The molecule has 0 amide bonds. The summed E-state index contributed by atoms with van der Waals surface area (Å²) >= 11 is 1.61. The number of non-ortho nitro benzene ring substituents is 1. The van der Waals surface area contributed by atoms with Crippen LogP contribution in [0, 0.1) is 10.1 Å². The van der Waals surface area contributed by atoms with E-state index >= 15 is 0 Å². The molecule has 148 valence electrons. The Hall–Kier alpha value is -3.91. The van der Waals surface area contributed by atoms with Crippen LogP contribution >= 0.6 is 11.3 Å². The number of nitro groups is 1. The van der Waals surface area contributed by atoms with E-state index in [4.69, 9.17) is 4.74 Å². The van der Waals surface area contributed by atoms with Crippen molar-refractivity contribution < 1.29 is 9.66 Å². The van der Waals surface area contributed by atoms with Crippen molar-refractivity contribution in [2.75, 3.05) is 7.11 Å². The summed E-state index contributed by atoms with van der Waals surface area (Å²) in [4.78, 5) is 20.4. The van der Waals surface area contributed by atoms with Gasteiger partial charge in [0.1, 0.15) is 11.6 Å². The Morgan fingerprint density at radius 3 is 2.63 bits per heavy atom. The molecule has 0 bridgehead atoms. The van der Waals surface area contributed by atoms with Crippen LogP contribution in [0.5, 0.6) is 5.75 Å². The number of aromatic amines is 1. The van der Waals surface area contributed by atoms with E-state index in [1.165, 1.54) is 12.1 Å². The molecule has 5 rings (SSSR count). The number of H-pyrrole nitrogens is 1. The molecule has 5 aromatic rings. The lowest BCUT2D eigenvalue weighted by Gasteiger charge is -2.09. The van der Waals surface area contributed by atoms with Crippen LogP contribution in [0.25, 0.3) is 38.0 Å². The number of nitro benzene ring substituents is 1. The minimum Gasteiger partial charge on any atom is -0.497 e. The van der Waals surface area contributed by atoms with Crippen LogP contribution < -0.4 is 4.74 Å². The molecule has 0 saturated heterocycles. The third-order valence-corrected chi connectivity index (χ3v) is 5.98. The van der Waals surface area contributed by atoms with E-state index in [2.05, 4.69) is 26.7 Å². The Morgan fingerprint density at radius 2 is 1.87 bits per heavy atom. The maximum Gasteiger partial charge on any atom is 0.271 e. The SMILES string of the molecule is COc1ccc(-n2cccc2-c2ccc(-c3nc4ccc([N+](=O)[O-])cc4[nH]3)s2)cc1. The van der Waals surface area contributed by atoms with Gasteiger partial charge < -0.3 is 14.3 Å². The number of hydrogen-bond donors (Lipinski definition) is 1. The van der Waals surface area contributed by atoms with Crippen molar-refractivity contribution in [1.82, 2.24) is 14.5 Å². The third kappa shape index (κ3) is 3.13. The van der Waals surface area contributed by atoms with Crippen molar-refractivity contribution in [2.45, 2.75) is 0 Å².